The maximum Gasteiger partial charge on any atom is 0.262 e. The molecule has 1 rings (SSSR count). The van der Waals surface area contributed by atoms with Crippen molar-refractivity contribution in [1.29, 1.82) is 0 Å². The van der Waals surface area contributed by atoms with Gasteiger partial charge in [-0.25, -0.2) is 13.4 Å². The Morgan fingerprint density at radius 2 is 2.00 bits per heavy atom. The molecule has 7 heteroatoms. The minimum atomic E-state index is -3.70. The molecule has 1 aromatic rings. The summed E-state index contributed by atoms with van der Waals surface area (Å²) in [6, 6.07) is 1.33. The van der Waals surface area contributed by atoms with Crippen molar-refractivity contribution in [3.8, 4) is 0 Å². The van der Waals surface area contributed by atoms with Gasteiger partial charge >= 0.3 is 0 Å². The molecule has 0 saturated heterocycles. The number of aromatic nitrogens is 1. The lowest BCUT2D eigenvalue weighted by Gasteiger charge is -1.98. The molecule has 0 aliphatic rings. The largest absolute Gasteiger partial charge is 0.262 e. The molecule has 0 spiro atoms. The minimum Gasteiger partial charge on any atom is -0.248 e. The van der Waals surface area contributed by atoms with E-state index in [1.54, 1.807) is 0 Å². The van der Waals surface area contributed by atoms with E-state index in [2.05, 4.69) is 36.8 Å². The zero-order valence-electron chi connectivity index (χ0n) is 5.46. The summed E-state index contributed by atoms with van der Waals surface area (Å²) in [6.07, 6.45) is 1.36. The highest BCUT2D eigenvalue weighted by Gasteiger charge is 2.14. The molecule has 0 aliphatic carbocycles. The second-order valence-electron chi connectivity index (χ2n) is 1.88. The SMILES string of the molecule is O=S(=O)(Cl)c1cc(Br)ncc1Br. The van der Waals surface area contributed by atoms with E-state index in [0.717, 1.165) is 0 Å². The van der Waals surface area contributed by atoms with Gasteiger partial charge in [0.1, 0.15) is 9.50 Å². The molecule has 0 unspecified atom stereocenters. The smallest absolute Gasteiger partial charge is 0.248 e. The second kappa shape index (κ2) is 3.61. The Bertz CT molecular complexity index is 406. The van der Waals surface area contributed by atoms with E-state index >= 15 is 0 Å². The first-order valence-electron chi connectivity index (χ1n) is 2.67. The number of halogens is 3. The van der Waals surface area contributed by atoms with Gasteiger partial charge in [0.2, 0.25) is 0 Å². The van der Waals surface area contributed by atoms with E-state index < -0.39 is 9.05 Å². The van der Waals surface area contributed by atoms with Crippen molar-refractivity contribution in [2.75, 3.05) is 0 Å². The van der Waals surface area contributed by atoms with E-state index in [0.29, 0.717) is 9.08 Å². The molecular weight excluding hydrogens is 333 g/mol. The predicted octanol–water partition coefficient (Wildman–Crippen LogP) is 2.53. The average molecular weight is 335 g/mol. The molecule has 0 N–H and O–H groups in total. The molecule has 12 heavy (non-hydrogen) atoms. The van der Waals surface area contributed by atoms with Crippen LogP contribution >= 0.6 is 42.5 Å². The van der Waals surface area contributed by atoms with Gasteiger partial charge in [0.25, 0.3) is 9.05 Å². The maximum atomic E-state index is 10.9. The van der Waals surface area contributed by atoms with E-state index in [4.69, 9.17) is 10.7 Å². The molecule has 0 atom stereocenters. The van der Waals surface area contributed by atoms with Crippen LogP contribution in [0.5, 0.6) is 0 Å². The Balaban J connectivity index is 3.43. The zero-order chi connectivity index (χ0) is 9.35. The Labute approximate surface area is 90.8 Å². The van der Waals surface area contributed by atoms with Gasteiger partial charge in [-0.1, -0.05) is 0 Å². The normalized spacial score (nSPS) is 11.6. The molecule has 0 bridgehead atoms. The lowest BCUT2D eigenvalue weighted by atomic mass is 10.5. The third-order valence-corrected chi connectivity index (χ3v) is 3.74. The summed E-state index contributed by atoms with van der Waals surface area (Å²) in [5.41, 5.74) is 0. The lowest BCUT2D eigenvalue weighted by Crippen LogP contribution is -1.93. The monoisotopic (exact) mass is 333 g/mol. The Kier molecular flexibility index (Phi) is 3.14. The van der Waals surface area contributed by atoms with Crippen LogP contribution in [-0.4, -0.2) is 13.4 Å². The van der Waals surface area contributed by atoms with E-state index in [-0.39, 0.29) is 4.90 Å². The Hall–Kier alpha value is 0.350. The van der Waals surface area contributed by atoms with Gasteiger partial charge in [-0.15, -0.1) is 0 Å². The maximum absolute atomic E-state index is 10.9. The summed E-state index contributed by atoms with van der Waals surface area (Å²) in [6.45, 7) is 0. The molecule has 0 amide bonds. The lowest BCUT2D eigenvalue weighted by molar-refractivity contribution is 0.609. The van der Waals surface area contributed by atoms with Crippen LogP contribution in [0.1, 0.15) is 0 Å². The van der Waals surface area contributed by atoms with Crippen LogP contribution < -0.4 is 0 Å². The summed E-state index contributed by atoms with van der Waals surface area (Å²) in [7, 11) is 1.43. The van der Waals surface area contributed by atoms with Crippen molar-refractivity contribution < 1.29 is 8.42 Å². The molecular formula is C5H2Br2ClNO2S. The van der Waals surface area contributed by atoms with Crippen molar-refractivity contribution in [2.24, 2.45) is 0 Å². The topological polar surface area (TPSA) is 47.0 Å². The molecule has 1 aromatic heterocycles. The summed E-state index contributed by atoms with van der Waals surface area (Å²) in [5.74, 6) is 0. The quantitative estimate of drug-likeness (QED) is 0.585. The van der Waals surface area contributed by atoms with Crippen molar-refractivity contribution in [1.82, 2.24) is 4.98 Å². The van der Waals surface area contributed by atoms with Crippen LogP contribution in [0.3, 0.4) is 0 Å². The highest BCUT2D eigenvalue weighted by Crippen LogP contribution is 2.26. The zero-order valence-corrected chi connectivity index (χ0v) is 10.2. The van der Waals surface area contributed by atoms with E-state index in [1.165, 1.54) is 12.3 Å². The van der Waals surface area contributed by atoms with Crippen LogP contribution in [0.25, 0.3) is 0 Å². The van der Waals surface area contributed by atoms with Crippen LogP contribution in [0.2, 0.25) is 0 Å². The minimum absolute atomic E-state index is 0.00559. The number of rotatable bonds is 1. The average Bonchev–Trinajstić information content (AvgIpc) is 1.92. The highest BCUT2D eigenvalue weighted by atomic mass is 79.9. The fourth-order valence-corrected chi connectivity index (χ4v) is 3.12. The summed E-state index contributed by atoms with van der Waals surface area (Å²) in [5, 5.41) is 0. The number of hydrogen-bond acceptors (Lipinski definition) is 3. The first-order valence-corrected chi connectivity index (χ1v) is 6.56. The van der Waals surface area contributed by atoms with Gasteiger partial charge < -0.3 is 0 Å². The van der Waals surface area contributed by atoms with Gasteiger partial charge in [0.05, 0.1) is 4.47 Å². The van der Waals surface area contributed by atoms with Gasteiger partial charge in [-0.05, 0) is 37.9 Å². The first-order chi connectivity index (χ1) is 5.41. The highest BCUT2D eigenvalue weighted by molar-refractivity contribution is 9.11. The Morgan fingerprint density at radius 1 is 1.42 bits per heavy atom. The van der Waals surface area contributed by atoms with Crippen molar-refractivity contribution in [3.05, 3.63) is 21.3 Å². The molecule has 0 aromatic carbocycles. The molecule has 0 aliphatic heterocycles. The van der Waals surface area contributed by atoms with Crippen molar-refractivity contribution >= 4 is 51.6 Å². The van der Waals surface area contributed by atoms with Gasteiger partial charge in [-0.3, -0.25) is 0 Å². The third-order valence-electron chi connectivity index (χ3n) is 1.05. The number of nitrogens with zero attached hydrogens (tertiary/aromatic N) is 1. The van der Waals surface area contributed by atoms with E-state index in [9.17, 15) is 8.42 Å². The summed E-state index contributed by atoms with van der Waals surface area (Å²) >= 11 is 6.05. The molecule has 0 fully saturated rings. The summed E-state index contributed by atoms with van der Waals surface area (Å²) < 4.78 is 22.6. The van der Waals surface area contributed by atoms with Crippen LogP contribution in [0.15, 0.2) is 26.2 Å². The Morgan fingerprint density at radius 3 is 2.42 bits per heavy atom. The van der Waals surface area contributed by atoms with Gasteiger partial charge in [0, 0.05) is 16.9 Å². The number of hydrogen-bond donors (Lipinski definition) is 0. The fourth-order valence-electron chi connectivity index (χ4n) is 0.583. The molecule has 3 nitrogen and oxygen atoms in total. The van der Waals surface area contributed by atoms with Crippen molar-refractivity contribution in [3.63, 3.8) is 0 Å². The number of pyridine rings is 1. The first kappa shape index (κ1) is 10.4. The van der Waals surface area contributed by atoms with Crippen LogP contribution in [0.4, 0.5) is 0 Å². The summed E-state index contributed by atoms with van der Waals surface area (Å²) in [4.78, 5) is 3.81. The molecule has 1 heterocycles. The standard InChI is InChI=1S/C5H2Br2ClNO2S/c6-3-2-9-5(7)1-4(3)12(8,10)11/h1-2H. The molecule has 66 valence electrons. The second-order valence-corrected chi connectivity index (χ2v) is 6.08. The van der Waals surface area contributed by atoms with Gasteiger partial charge in [0.15, 0.2) is 0 Å². The van der Waals surface area contributed by atoms with Crippen LogP contribution in [-0.2, 0) is 9.05 Å². The van der Waals surface area contributed by atoms with Gasteiger partial charge in [-0.2, -0.15) is 0 Å². The molecule has 0 radical (unpaired) electrons. The van der Waals surface area contributed by atoms with E-state index in [1.807, 2.05) is 0 Å². The predicted molar refractivity (Wildman–Crippen MR) is 52.7 cm³/mol. The third kappa shape index (κ3) is 2.42. The molecule has 0 saturated carbocycles. The van der Waals surface area contributed by atoms with Crippen molar-refractivity contribution in [2.45, 2.75) is 4.90 Å². The fraction of sp³-hybridized carbons (Fsp3) is 0. The van der Waals surface area contributed by atoms with Crippen LogP contribution in [0, 0.1) is 0 Å².